The minimum absolute atomic E-state index is 0. The number of hydrogen-bond acceptors (Lipinski definition) is 4. The van der Waals surface area contributed by atoms with Gasteiger partial charge in [0.05, 0.1) is 0 Å². The molecule has 7 heavy (non-hydrogen) atoms. The first-order chi connectivity index (χ1) is 2.21. The van der Waals surface area contributed by atoms with Crippen molar-refractivity contribution in [2.45, 2.75) is 14.9 Å². The lowest BCUT2D eigenvalue weighted by atomic mass is 12.0. The molecule has 1 aliphatic rings. The van der Waals surface area contributed by atoms with Gasteiger partial charge in [-0.2, -0.15) is 8.42 Å². The summed E-state index contributed by atoms with van der Waals surface area (Å²) in [6, 6.07) is 0. The molecule has 4 nitrogen and oxygen atoms in total. The van der Waals surface area contributed by atoms with Crippen LogP contribution < -0.4 is 0 Å². The summed E-state index contributed by atoms with van der Waals surface area (Å²) in [5, 5.41) is 0. The second kappa shape index (κ2) is 2.25. The largest absolute Gasteiger partial charge is 0.455 e. The van der Waals surface area contributed by atoms with E-state index in [2.05, 4.69) is 8.67 Å². The third-order valence-electron chi connectivity index (χ3n) is 0.179. The Bertz CT molecular complexity index is 113. The molecule has 5 heteroatoms. The third kappa shape index (κ3) is 3.71. The number of rotatable bonds is 0. The summed E-state index contributed by atoms with van der Waals surface area (Å²) in [7, 11) is -3.42. The molecule has 0 amide bonds. The topological polar surface area (TPSA) is 59.2 Å². The Labute approximate surface area is 43.3 Å². The molecular formula is C2H8O4S. The van der Waals surface area contributed by atoms with Gasteiger partial charge in [-0.1, -0.05) is 23.5 Å². The zero-order valence-electron chi connectivity index (χ0n) is 2.04. The van der Waals surface area contributed by atoms with E-state index in [1.807, 2.05) is 0 Å². The average molecular weight is 128 g/mol. The van der Waals surface area contributed by atoms with Crippen LogP contribution >= 0.6 is 0 Å². The van der Waals surface area contributed by atoms with Crippen LogP contribution in [0.25, 0.3) is 0 Å². The van der Waals surface area contributed by atoms with Crippen LogP contribution in [-0.2, 0) is 19.1 Å². The molecule has 0 unspecified atom stereocenters. The predicted molar refractivity (Wildman–Crippen MR) is 24.6 cm³/mol. The van der Waals surface area contributed by atoms with Crippen molar-refractivity contribution in [2.75, 3.05) is 0 Å². The summed E-state index contributed by atoms with van der Waals surface area (Å²) >= 11 is 0. The Kier molecular flexibility index (Phi) is 3.20. The van der Waals surface area contributed by atoms with E-state index in [1.54, 1.807) is 0 Å². The van der Waals surface area contributed by atoms with Crippen molar-refractivity contribution in [3.05, 3.63) is 0 Å². The molecule has 0 atom stereocenters. The van der Waals surface area contributed by atoms with Gasteiger partial charge >= 0.3 is 10.4 Å². The van der Waals surface area contributed by atoms with Gasteiger partial charge in [0.1, 0.15) is 0 Å². The van der Waals surface area contributed by atoms with E-state index in [0.29, 0.717) is 0 Å². The second-order valence-electron chi connectivity index (χ2n) is 0.544. The zero-order chi connectivity index (χ0) is 3.91. The lowest BCUT2D eigenvalue weighted by Gasteiger charge is -1.31. The molecule has 1 rings (SSSR count). The Morgan fingerprint density at radius 2 is 1.14 bits per heavy atom. The predicted octanol–water partition coefficient (Wildman–Crippen LogP) is 0.465. The molecule has 0 N–H and O–H groups in total. The van der Waals surface area contributed by atoms with Gasteiger partial charge < -0.3 is 0 Å². The smallest absolute Gasteiger partial charge is 0.164 e. The Morgan fingerprint density at radius 3 is 1.14 bits per heavy atom. The lowest BCUT2D eigenvalue weighted by Crippen LogP contribution is -1.59. The molecule has 1 heterocycles. The molecule has 0 radical (unpaired) electrons. The van der Waals surface area contributed by atoms with Crippen LogP contribution in [0.3, 0.4) is 0 Å². The minimum atomic E-state index is -3.42. The molecule has 1 fully saturated rings. The monoisotopic (exact) mass is 128 g/mol. The van der Waals surface area contributed by atoms with Crippen LogP contribution in [0, 0.1) is 0 Å². The van der Waals surface area contributed by atoms with Crippen LogP contribution in [0.4, 0.5) is 0 Å². The summed E-state index contributed by atoms with van der Waals surface area (Å²) in [6.45, 7) is 0. The van der Waals surface area contributed by atoms with Gasteiger partial charge in [0, 0.05) is 0 Å². The third-order valence-corrected chi connectivity index (χ3v) is 0.537. The fourth-order valence-electron chi connectivity index (χ4n) is 0.0227. The van der Waals surface area contributed by atoms with E-state index in [9.17, 15) is 8.42 Å². The van der Waals surface area contributed by atoms with Crippen molar-refractivity contribution in [2.24, 2.45) is 0 Å². The van der Waals surface area contributed by atoms with Crippen molar-refractivity contribution in [1.82, 2.24) is 0 Å². The van der Waals surface area contributed by atoms with Gasteiger partial charge in [-0.25, -0.2) is 0 Å². The van der Waals surface area contributed by atoms with E-state index in [0.717, 1.165) is 0 Å². The summed E-state index contributed by atoms with van der Waals surface area (Å²) in [6.07, 6.45) is 0. The first-order valence-corrected chi connectivity index (χ1v) is 2.17. The maximum Gasteiger partial charge on any atom is 0.455 e. The van der Waals surface area contributed by atoms with Crippen LogP contribution in [0.15, 0.2) is 0 Å². The first-order valence-electron chi connectivity index (χ1n) is 0.833. The molecular weight excluding hydrogens is 120 g/mol. The van der Waals surface area contributed by atoms with Crippen LogP contribution in [0.2, 0.25) is 0 Å². The fraction of sp³-hybridized carbons (Fsp3) is 1.00. The second-order valence-corrected chi connectivity index (χ2v) is 1.63. The molecule has 0 aromatic heterocycles. The van der Waals surface area contributed by atoms with E-state index in [4.69, 9.17) is 0 Å². The molecule has 1 saturated heterocycles. The molecule has 0 bridgehead atoms. The molecule has 0 aromatic rings. The minimum Gasteiger partial charge on any atom is -0.164 e. The van der Waals surface area contributed by atoms with E-state index >= 15 is 0 Å². The first kappa shape index (κ1) is 9.98. The van der Waals surface area contributed by atoms with Gasteiger partial charge in [0.15, 0.2) is 0 Å². The summed E-state index contributed by atoms with van der Waals surface area (Å²) in [5.41, 5.74) is 0. The Hall–Kier alpha value is -0.130. The molecule has 0 spiro atoms. The molecule has 46 valence electrons. The van der Waals surface area contributed by atoms with Gasteiger partial charge in [0.25, 0.3) is 0 Å². The van der Waals surface area contributed by atoms with Gasteiger partial charge in [-0.15, -0.1) is 0 Å². The van der Waals surface area contributed by atoms with Crippen LogP contribution in [0.5, 0.6) is 0 Å². The van der Waals surface area contributed by atoms with Gasteiger partial charge in [0.2, 0.25) is 0 Å². The molecule has 0 saturated carbocycles. The van der Waals surface area contributed by atoms with Crippen LogP contribution in [-0.4, -0.2) is 8.42 Å². The summed E-state index contributed by atoms with van der Waals surface area (Å²) in [4.78, 5) is 0. The van der Waals surface area contributed by atoms with Crippen molar-refractivity contribution in [1.29, 1.82) is 0 Å². The number of hydrogen-bond donors (Lipinski definition) is 0. The average Bonchev–Trinajstić information content (AvgIpc) is 1.76. The lowest BCUT2D eigenvalue weighted by molar-refractivity contribution is 0.0850. The van der Waals surface area contributed by atoms with Crippen LogP contribution in [0.1, 0.15) is 14.9 Å². The highest BCUT2D eigenvalue weighted by Gasteiger charge is 2.31. The summed E-state index contributed by atoms with van der Waals surface area (Å²) in [5.74, 6) is 0. The fourth-order valence-corrected chi connectivity index (χ4v) is 0.204. The molecule has 0 aliphatic carbocycles. The standard InChI is InChI=1S/2CH4.O4S/c;;1-5(2)3-4-5/h2*1H4;. The highest BCUT2D eigenvalue weighted by molar-refractivity contribution is 7.85. The Balaban J connectivity index is 0. The zero-order valence-corrected chi connectivity index (χ0v) is 2.86. The maximum absolute atomic E-state index is 9.30. The normalized spacial score (nSPS) is 21.1. The van der Waals surface area contributed by atoms with Crippen molar-refractivity contribution < 1.29 is 17.1 Å². The van der Waals surface area contributed by atoms with E-state index in [1.165, 1.54) is 0 Å². The Morgan fingerprint density at radius 1 is 1.00 bits per heavy atom. The molecule has 0 aromatic carbocycles. The molecule has 1 aliphatic heterocycles. The van der Waals surface area contributed by atoms with E-state index < -0.39 is 10.4 Å². The van der Waals surface area contributed by atoms with Crippen molar-refractivity contribution in [3.63, 3.8) is 0 Å². The van der Waals surface area contributed by atoms with Gasteiger partial charge in [-0.3, -0.25) is 0 Å². The summed E-state index contributed by atoms with van der Waals surface area (Å²) < 4.78 is 25.3. The van der Waals surface area contributed by atoms with E-state index in [-0.39, 0.29) is 14.9 Å². The maximum atomic E-state index is 9.30. The quantitative estimate of drug-likeness (QED) is 0.351. The highest BCUT2D eigenvalue weighted by Crippen LogP contribution is 2.11. The van der Waals surface area contributed by atoms with Crippen molar-refractivity contribution >= 4 is 10.4 Å². The SMILES string of the molecule is C.C.O=S1(=O)OO1. The van der Waals surface area contributed by atoms with Gasteiger partial charge in [-0.05, 0) is 0 Å². The highest BCUT2D eigenvalue weighted by atomic mass is 32.3. The van der Waals surface area contributed by atoms with Crippen molar-refractivity contribution in [3.8, 4) is 0 Å².